The molecule has 2 aromatic heterocycles. The van der Waals surface area contributed by atoms with Crippen molar-refractivity contribution in [1.82, 2.24) is 19.7 Å². The molecule has 1 aliphatic carbocycles. The monoisotopic (exact) mass is 386 g/mol. The minimum Gasteiger partial charge on any atom is -0.339 e. The van der Waals surface area contributed by atoms with Crippen molar-refractivity contribution in [1.29, 1.82) is 0 Å². The molecule has 4 rings (SSSR count). The molecule has 5 nitrogen and oxygen atoms in total. The van der Waals surface area contributed by atoms with Crippen LogP contribution in [0.5, 0.6) is 0 Å². The van der Waals surface area contributed by atoms with Gasteiger partial charge in [0.05, 0.1) is 5.69 Å². The summed E-state index contributed by atoms with van der Waals surface area (Å²) in [4.78, 5) is 18.8. The average molecular weight is 386 g/mol. The first-order valence-corrected chi connectivity index (χ1v) is 10.2. The van der Waals surface area contributed by atoms with Crippen molar-refractivity contribution in [2.75, 3.05) is 7.05 Å². The Kier molecular flexibility index (Phi) is 5.84. The molecular weight excluding hydrogens is 360 g/mol. The summed E-state index contributed by atoms with van der Waals surface area (Å²) in [5, 5.41) is 4.76. The van der Waals surface area contributed by atoms with Crippen molar-refractivity contribution >= 4 is 12.0 Å². The highest BCUT2D eigenvalue weighted by Gasteiger charge is 2.20. The molecule has 29 heavy (non-hydrogen) atoms. The Bertz CT molecular complexity index is 973. The summed E-state index contributed by atoms with van der Waals surface area (Å²) in [6.45, 7) is 0. The van der Waals surface area contributed by atoms with Gasteiger partial charge in [0.2, 0.25) is 5.91 Å². The number of aromatic nitrogens is 3. The molecule has 2 heterocycles. The van der Waals surface area contributed by atoms with Crippen molar-refractivity contribution in [3.8, 4) is 16.9 Å². The lowest BCUT2D eigenvalue weighted by atomic mass is 9.94. The number of carbonyl (C=O) groups excluding carboxylic acids is 1. The summed E-state index contributed by atoms with van der Waals surface area (Å²) in [6.07, 6.45) is 14.9. The molecule has 0 N–H and O–H groups in total. The molecule has 148 valence electrons. The molecule has 5 heteroatoms. The third-order valence-corrected chi connectivity index (χ3v) is 5.57. The van der Waals surface area contributed by atoms with Gasteiger partial charge in [-0.2, -0.15) is 5.10 Å². The molecular formula is C24H26N4O. The normalized spacial score (nSPS) is 14.9. The molecule has 0 radical (unpaired) electrons. The van der Waals surface area contributed by atoms with Crippen LogP contribution in [-0.4, -0.2) is 38.7 Å². The highest BCUT2D eigenvalue weighted by Crippen LogP contribution is 2.25. The maximum absolute atomic E-state index is 12.7. The van der Waals surface area contributed by atoms with Crippen LogP contribution in [0, 0.1) is 0 Å². The van der Waals surface area contributed by atoms with Gasteiger partial charge in [0, 0.05) is 48.9 Å². The predicted molar refractivity (Wildman–Crippen MR) is 115 cm³/mol. The van der Waals surface area contributed by atoms with E-state index in [1.54, 1.807) is 18.5 Å². The van der Waals surface area contributed by atoms with Gasteiger partial charge < -0.3 is 4.90 Å². The van der Waals surface area contributed by atoms with Crippen LogP contribution in [-0.2, 0) is 4.79 Å². The minimum atomic E-state index is 0.0431. The number of nitrogens with zero attached hydrogens (tertiary/aromatic N) is 4. The fourth-order valence-corrected chi connectivity index (χ4v) is 3.88. The van der Waals surface area contributed by atoms with Crippen molar-refractivity contribution < 1.29 is 4.79 Å². The van der Waals surface area contributed by atoms with E-state index < -0.39 is 0 Å². The van der Waals surface area contributed by atoms with Crippen LogP contribution >= 0.6 is 0 Å². The summed E-state index contributed by atoms with van der Waals surface area (Å²) in [7, 11) is 1.91. The lowest BCUT2D eigenvalue weighted by Gasteiger charge is -2.30. The predicted octanol–water partition coefficient (Wildman–Crippen LogP) is 4.74. The Hall–Kier alpha value is -3.21. The van der Waals surface area contributed by atoms with Crippen LogP contribution < -0.4 is 0 Å². The van der Waals surface area contributed by atoms with Gasteiger partial charge in [0.1, 0.15) is 5.69 Å². The number of hydrogen-bond donors (Lipinski definition) is 0. The number of pyridine rings is 1. The molecule has 0 atom stereocenters. The van der Waals surface area contributed by atoms with E-state index in [1.807, 2.05) is 71.4 Å². The van der Waals surface area contributed by atoms with E-state index in [4.69, 9.17) is 5.10 Å². The van der Waals surface area contributed by atoms with Gasteiger partial charge in [-0.3, -0.25) is 9.78 Å². The Morgan fingerprint density at radius 2 is 1.90 bits per heavy atom. The topological polar surface area (TPSA) is 51.0 Å². The second kappa shape index (κ2) is 8.86. The Labute approximate surface area is 171 Å². The largest absolute Gasteiger partial charge is 0.339 e. The Morgan fingerprint density at radius 1 is 1.10 bits per heavy atom. The first-order chi connectivity index (χ1) is 14.2. The van der Waals surface area contributed by atoms with E-state index in [-0.39, 0.29) is 5.91 Å². The van der Waals surface area contributed by atoms with Crippen molar-refractivity contribution in [3.05, 3.63) is 72.7 Å². The fourth-order valence-electron chi connectivity index (χ4n) is 3.88. The Morgan fingerprint density at radius 3 is 2.62 bits per heavy atom. The van der Waals surface area contributed by atoms with Crippen LogP contribution in [0.1, 0.15) is 37.7 Å². The van der Waals surface area contributed by atoms with Gasteiger partial charge in [-0.15, -0.1) is 0 Å². The molecule has 1 aliphatic rings. The summed E-state index contributed by atoms with van der Waals surface area (Å²) in [5.41, 5.74) is 3.61. The van der Waals surface area contributed by atoms with Crippen molar-refractivity contribution in [2.45, 2.75) is 38.1 Å². The molecule has 1 amide bonds. The van der Waals surface area contributed by atoms with Crippen LogP contribution in [0.25, 0.3) is 23.0 Å². The number of benzene rings is 1. The standard InChI is InChI=1S/C24H26N4O/c1-27(21-10-4-2-5-11-21)23(29)15-14-20-18-28(22-12-6-3-7-13-22)26-24(20)19-9-8-16-25-17-19/h3,6-9,12-18,21H,2,4-5,10-11H2,1H3/b15-14+. The number of hydrogen-bond acceptors (Lipinski definition) is 3. The molecule has 1 fully saturated rings. The van der Waals surface area contributed by atoms with E-state index in [2.05, 4.69) is 4.98 Å². The van der Waals surface area contributed by atoms with Gasteiger partial charge in [0.25, 0.3) is 0 Å². The zero-order valence-corrected chi connectivity index (χ0v) is 16.7. The van der Waals surface area contributed by atoms with Crippen LogP contribution in [0.3, 0.4) is 0 Å². The third-order valence-electron chi connectivity index (χ3n) is 5.57. The first-order valence-electron chi connectivity index (χ1n) is 10.2. The molecule has 3 aromatic rings. The maximum atomic E-state index is 12.7. The first kappa shape index (κ1) is 19.1. The minimum absolute atomic E-state index is 0.0431. The number of rotatable bonds is 5. The van der Waals surface area contributed by atoms with Crippen molar-refractivity contribution in [3.63, 3.8) is 0 Å². The highest BCUT2D eigenvalue weighted by molar-refractivity contribution is 5.92. The summed E-state index contributed by atoms with van der Waals surface area (Å²) in [5.74, 6) is 0.0431. The summed E-state index contributed by atoms with van der Waals surface area (Å²) in [6, 6.07) is 14.2. The summed E-state index contributed by atoms with van der Waals surface area (Å²) >= 11 is 0. The quantitative estimate of drug-likeness (QED) is 0.595. The molecule has 0 spiro atoms. The molecule has 0 bridgehead atoms. The smallest absolute Gasteiger partial charge is 0.246 e. The zero-order valence-electron chi connectivity index (χ0n) is 16.7. The SMILES string of the molecule is CN(C(=O)/C=C/c1cn(-c2ccccc2)nc1-c1cccnc1)C1CCCCC1. The third kappa shape index (κ3) is 4.45. The molecule has 0 aliphatic heterocycles. The molecule has 1 saturated carbocycles. The number of carbonyl (C=O) groups is 1. The van der Waals surface area contributed by atoms with Gasteiger partial charge in [-0.05, 0) is 43.2 Å². The van der Waals surface area contributed by atoms with Gasteiger partial charge in [-0.1, -0.05) is 37.5 Å². The number of para-hydroxylation sites is 1. The second-order valence-electron chi connectivity index (χ2n) is 7.53. The van der Waals surface area contributed by atoms with E-state index in [1.165, 1.54) is 19.3 Å². The van der Waals surface area contributed by atoms with Gasteiger partial charge in [-0.25, -0.2) is 4.68 Å². The Balaban J connectivity index is 1.62. The van der Waals surface area contributed by atoms with Gasteiger partial charge >= 0.3 is 0 Å². The molecule has 0 saturated heterocycles. The van der Waals surface area contributed by atoms with E-state index in [0.717, 1.165) is 35.3 Å². The highest BCUT2D eigenvalue weighted by atomic mass is 16.2. The maximum Gasteiger partial charge on any atom is 0.246 e. The molecule has 0 unspecified atom stereocenters. The number of amides is 1. The second-order valence-corrected chi connectivity index (χ2v) is 7.53. The lowest BCUT2D eigenvalue weighted by Crippen LogP contribution is -2.37. The molecule has 1 aromatic carbocycles. The number of likely N-dealkylation sites (N-methyl/N-ethyl adjacent to an activating group) is 1. The average Bonchev–Trinajstić information content (AvgIpc) is 3.23. The van der Waals surface area contributed by atoms with Crippen LogP contribution in [0.15, 0.2) is 67.1 Å². The van der Waals surface area contributed by atoms with E-state index in [9.17, 15) is 4.79 Å². The fraction of sp³-hybridized carbons (Fsp3) is 0.292. The lowest BCUT2D eigenvalue weighted by molar-refractivity contribution is -0.127. The van der Waals surface area contributed by atoms with Crippen LogP contribution in [0.2, 0.25) is 0 Å². The van der Waals surface area contributed by atoms with E-state index >= 15 is 0 Å². The van der Waals surface area contributed by atoms with Gasteiger partial charge in [0.15, 0.2) is 0 Å². The summed E-state index contributed by atoms with van der Waals surface area (Å²) < 4.78 is 1.84. The van der Waals surface area contributed by atoms with Crippen LogP contribution in [0.4, 0.5) is 0 Å². The van der Waals surface area contributed by atoms with E-state index in [0.29, 0.717) is 6.04 Å². The van der Waals surface area contributed by atoms with Crippen molar-refractivity contribution in [2.24, 2.45) is 0 Å². The zero-order chi connectivity index (χ0) is 20.1.